The molecule has 2 atom stereocenters. The Hall–Kier alpha value is -1.09. The number of anilines is 1. The third-order valence-electron chi connectivity index (χ3n) is 4.78. The van der Waals surface area contributed by atoms with E-state index in [0.717, 1.165) is 11.2 Å². The van der Waals surface area contributed by atoms with E-state index in [1.165, 1.54) is 36.8 Å². The molecule has 0 aliphatic carbocycles. The van der Waals surface area contributed by atoms with Crippen molar-refractivity contribution in [2.24, 2.45) is 0 Å². The molecule has 2 unspecified atom stereocenters. The Labute approximate surface area is 128 Å². The summed E-state index contributed by atoms with van der Waals surface area (Å²) in [6.07, 6.45) is 5.21. The summed E-state index contributed by atoms with van der Waals surface area (Å²) < 4.78 is 0. The van der Waals surface area contributed by atoms with E-state index < -0.39 is 0 Å². The summed E-state index contributed by atoms with van der Waals surface area (Å²) in [7, 11) is 0. The number of piperidine rings is 1. The number of hydrogen-bond donors (Lipinski definition) is 0. The lowest BCUT2D eigenvalue weighted by Gasteiger charge is -2.39. The number of para-hydroxylation sites is 1. The Kier molecular flexibility index (Phi) is 2.99. The van der Waals surface area contributed by atoms with Crippen LogP contribution in [0, 0.1) is 6.92 Å². The first-order chi connectivity index (χ1) is 9.72. The molecule has 2 aliphatic heterocycles. The third-order valence-corrected chi connectivity index (χ3v) is 5.52. The number of rotatable bonds is 1. The maximum absolute atomic E-state index is 4.68. The number of aromatic nitrogens is 1. The molecule has 0 spiro atoms. The molecule has 3 heteroatoms. The quantitative estimate of drug-likeness (QED) is 0.718. The molecule has 104 valence electrons. The van der Waals surface area contributed by atoms with Crippen LogP contribution in [0.2, 0.25) is 0 Å². The van der Waals surface area contributed by atoms with Crippen LogP contribution in [0.1, 0.15) is 31.4 Å². The summed E-state index contributed by atoms with van der Waals surface area (Å²) in [6.45, 7) is 2.11. The second kappa shape index (κ2) is 4.73. The minimum absolute atomic E-state index is 0.698. The Bertz CT molecular complexity index is 640. The predicted molar refractivity (Wildman–Crippen MR) is 87.7 cm³/mol. The van der Waals surface area contributed by atoms with E-state index in [4.69, 9.17) is 0 Å². The number of fused-ring (bicyclic) bond motifs is 3. The average Bonchev–Trinajstić information content (AvgIpc) is 2.69. The fraction of sp³-hybridized carbons (Fsp3) is 0.471. The van der Waals surface area contributed by atoms with Crippen molar-refractivity contribution in [2.45, 2.75) is 49.5 Å². The molecular weight excluding hydrogens is 312 g/mol. The van der Waals surface area contributed by atoms with Crippen LogP contribution >= 0.6 is 15.9 Å². The minimum Gasteiger partial charge on any atom is -0.365 e. The van der Waals surface area contributed by atoms with Crippen molar-refractivity contribution in [1.29, 1.82) is 0 Å². The van der Waals surface area contributed by atoms with Gasteiger partial charge in [-0.2, -0.15) is 0 Å². The molecule has 2 fully saturated rings. The molecule has 3 heterocycles. The van der Waals surface area contributed by atoms with Gasteiger partial charge < -0.3 is 4.90 Å². The van der Waals surface area contributed by atoms with Crippen LogP contribution in [0.4, 0.5) is 5.69 Å². The van der Waals surface area contributed by atoms with Gasteiger partial charge in [0.05, 0.1) is 5.52 Å². The molecule has 0 amide bonds. The SMILES string of the molecule is Cc1cc(N2C3CCC2CC(Br)C3)c2ccccc2n1. The van der Waals surface area contributed by atoms with Gasteiger partial charge in [-0.25, -0.2) is 0 Å². The maximum atomic E-state index is 4.68. The van der Waals surface area contributed by atoms with Gasteiger partial charge in [-0.15, -0.1) is 0 Å². The van der Waals surface area contributed by atoms with Crippen molar-refractivity contribution in [2.75, 3.05) is 4.90 Å². The first-order valence-electron chi connectivity index (χ1n) is 7.51. The Morgan fingerprint density at radius 3 is 2.60 bits per heavy atom. The van der Waals surface area contributed by atoms with Crippen LogP contribution in [0.25, 0.3) is 10.9 Å². The fourth-order valence-corrected chi connectivity index (χ4v) is 4.87. The Balaban J connectivity index is 1.86. The van der Waals surface area contributed by atoms with Crippen molar-refractivity contribution in [3.8, 4) is 0 Å². The van der Waals surface area contributed by atoms with Gasteiger partial charge in [-0.3, -0.25) is 4.98 Å². The zero-order valence-electron chi connectivity index (χ0n) is 11.7. The highest BCUT2D eigenvalue weighted by Crippen LogP contribution is 2.43. The molecule has 0 saturated carbocycles. The van der Waals surface area contributed by atoms with Crippen molar-refractivity contribution in [3.05, 3.63) is 36.0 Å². The summed E-state index contributed by atoms with van der Waals surface area (Å²) in [5.74, 6) is 0. The van der Waals surface area contributed by atoms with Crippen molar-refractivity contribution < 1.29 is 0 Å². The number of benzene rings is 1. The predicted octanol–water partition coefficient (Wildman–Crippen LogP) is 4.44. The highest BCUT2D eigenvalue weighted by atomic mass is 79.9. The van der Waals surface area contributed by atoms with Crippen LogP contribution in [0.5, 0.6) is 0 Å². The molecular formula is C17H19BrN2. The summed E-state index contributed by atoms with van der Waals surface area (Å²) in [5.41, 5.74) is 3.65. The molecule has 20 heavy (non-hydrogen) atoms. The van der Waals surface area contributed by atoms with E-state index in [0.29, 0.717) is 16.9 Å². The van der Waals surface area contributed by atoms with Gasteiger partial charge in [0.15, 0.2) is 0 Å². The van der Waals surface area contributed by atoms with Crippen LogP contribution in [0.3, 0.4) is 0 Å². The zero-order valence-corrected chi connectivity index (χ0v) is 13.3. The van der Waals surface area contributed by atoms with Gasteiger partial charge in [-0.05, 0) is 44.7 Å². The monoisotopic (exact) mass is 330 g/mol. The fourth-order valence-electron chi connectivity index (χ4n) is 4.00. The minimum atomic E-state index is 0.698. The number of alkyl halides is 1. The Morgan fingerprint density at radius 1 is 1.15 bits per heavy atom. The van der Waals surface area contributed by atoms with E-state index in [9.17, 15) is 0 Å². The topological polar surface area (TPSA) is 16.1 Å². The first-order valence-corrected chi connectivity index (χ1v) is 8.43. The van der Waals surface area contributed by atoms with Crippen molar-refractivity contribution in [3.63, 3.8) is 0 Å². The number of aryl methyl sites for hydroxylation is 1. The zero-order chi connectivity index (χ0) is 13.7. The smallest absolute Gasteiger partial charge is 0.0726 e. The van der Waals surface area contributed by atoms with Gasteiger partial charge in [0, 0.05) is 33.7 Å². The number of hydrogen-bond acceptors (Lipinski definition) is 2. The highest BCUT2D eigenvalue weighted by Gasteiger charge is 2.40. The normalized spacial score (nSPS) is 29.1. The largest absolute Gasteiger partial charge is 0.365 e. The van der Waals surface area contributed by atoms with Crippen LogP contribution in [-0.4, -0.2) is 21.9 Å². The van der Waals surface area contributed by atoms with E-state index in [2.05, 4.69) is 63.1 Å². The van der Waals surface area contributed by atoms with E-state index in [1.54, 1.807) is 0 Å². The van der Waals surface area contributed by atoms with Crippen molar-refractivity contribution >= 4 is 32.5 Å². The van der Waals surface area contributed by atoms with E-state index >= 15 is 0 Å². The van der Waals surface area contributed by atoms with Gasteiger partial charge in [0.2, 0.25) is 0 Å². The lowest BCUT2D eigenvalue weighted by molar-refractivity contribution is 0.484. The second-order valence-electron chi connectivity index (χ2n) is 6.16. The van der Waals surface area contributed by atoms with Gasteiger partial charge in [-0.1, -0.05) is 34.1 Å². The highest BCUT2D eigenvalue weighted by molar-refractivity contribution is 9.09. The molecule has 0 radical (unpaired) electrons. The number of nitrogens with zero attached hydrogens (tertiary/aromatic N) is 2. The lowest BCUT2D eigenvalue weighted by atomic mass is 10.00. The first kappa shape index (κ1) is 12.6. The summed E-state index contributed by atoms with van der Waals surface area (Å²) >= 11 is 3.83. The lowest BCUT2D eigenvalue weighted by Crippen LogP contribution is -2.43. The molecule has 1 aromatic heterocycles. The molecule has 2 aromatic rings. The standard InChI is InChI=1S/C17H19BrN2/c1-11-8-17(15-4-2-3-5-16(15)19-11)20-13-6-7-14(20)10-12(18)9-13/h2-5,8,12-14H,6-7,9-10H2,1H3. The van der Waals surface area contributed by atoms with Gasteiger partial charge >= 0.3 is 0 Å². The van der Waals surface area contributed by atoms with Crippen LogP contribution in [-0.2, 0) is 0 Å². The summed E-state index contributed by atoms with van der Waals surface area (Å²) in [4.78, 5) is 8.07. The summed E-state index contributed by atoms with van der Waals surface area (Å²) in [6, 6.07) is 12.2. The Morgan fingerprint density at radius 2 is 1.85 bits per heavy atom. The van der Waals surface area contributed by atoms with E-state index in [1.807, 2.05) is 0 Å². The molecule has 2 nitrogen and oxygen atoms in total. The molecule has 0 N–H and O–H groups in total. The second-order valence-corrected chi connectivity index (χ2v) is 7.46. The molecule has 2 bridgehead atoms. The van der Waals surface area contributed by atoms with Crippen LogP contribution < -0.4 is 4.90 Å². The molecule has 4 rings (SSSR count). The number of pyridine rings is 1. The molecule has 2 aliphatic rings. The maximum Gasteiger partial charge on any atom is 0.0726 e. The molecule has 1 aromatic carbocycles. The number of halogens is 1. The van der Waals surface area contributed by atoms with Crippen LogP contribution in [0.15, 0.2) is 30.3 Å². The van der Waals surface area contributed by atoms with E-state index in [-0.39, 0.29) is 0 Å². The average molecular weight is 331 g/mol. The van der Waals surface area contributed by atoms with Gasteiger partial charge in [0.1, 0.15) is 0 Å². The van der Waals surface area contributed by atoms with Crippen molar-refractivity contribution in [1.82, 2.24) is 4.98 Å². The molecule has 2 saturated heterocycles. The van der Waals surface area contributed by atoms with Gasteiger partial charge in [0.25, 0.3) is 0 Å². The third kappa shape index (κ3) is 1.95. The summed E-state index contributed by atoms with van der Waals surface area (Å²) in [5, 5.41) is 1.31.